The summed E-state index contributed by atoms with van der Waals surface area (Å²) in [5, 5.41) is 4.86. The lowest BCUT2D eigenvalue weighted by atomic mass is 9.68. The van der Waals surface area contributed by atoms with Crippen LogP contribution in [0.3, 0.4) is 0 Å². The van der Waals surface area contributed by atoms with Crippen LogP contribution in [0.5, 0.6) is 0 Å². The highest BCUT2D eigenvalue weighted by atomic mass is 15.1. The van der Waals surface area contributed by atoms with Gasteiger partial charge in [-0.1, -0.05) is 291 Å². The van der Waals surface area contributed by atoms with E-state index < -0.39 is 10.8 Å². The summed E-state index contributed by atoms with van der Waals surface area (Å²) < 4.78 is 0. The van der Waals surface area contributed by atoms with Crippen molar-refractivity contribution in [2.24, 2.45) is 0 Å². The molecule has 0 saturated heterocycles. The molecule has 2 heteroatoms. The molecule has 0 fully saturated rings. The quantitative estimate of drug-likeness (QED) is 0.113. The van der Waals surface area contributed by atoms with Gasteiger partial charge in [0.2, 0.25) is 0 Å². The average molecular weight is 1150 g/mol. The van der Waals surface area contributed by atoms with Crippen LogP contribution in [-0.2, 0) is 10.8 Å². The molecule has 0 radical (unpaired) electrons. The van der Waals surface area contributed by atoms with Crippen LogP contribution in [0.4, 0.5) is 34.1 Å². The number of nitrogens with zero attached hydrogens (tertiary/aromatic N) is 2. The molecule has 0 heterocycles. The van der Waals surface area contributed by atoms with Crippen molar-refractivity contribution in [1.82, 2.24) is 0 Å². The zero-order chi connectivity index (χ0) is 59.6. The molecular weight excluding hydrogens is 1080 g/mol. The Bertz CT molecular complexity index is 4660. The molecule has 0 amide bonds. The third-order valence-corrected chi connectivity index (χ3v) is 19.2. The molecule has 0 N–H and O–H groups in total. The molecule has 0 bridgehead atoms. The van der Waals surface area contributed by atoms with E-state index in [9.17, 15) is 0 Å². The van der Waals surface area contributed by atoms with E-state index in [1.165, 1.54) is 111 Å². The standard InChI is InChI=1S/C88H60N2/c1-5-25-63(26-6-1)87(81-41-21-17-33-73(81)74-34-18-22-42-82(74)87)65-49-57-71(58-50-65)89(67-29-9-3-10-30-67)69-53-45-61(46-54-69)85-77-37-13-15-39-79(77)86(80-40-16-14-38-78(80)85)62-47-55-70(56-48-62)90(68-31-11-4-12-32-68)72-59-51-66(52-60-72)88(64-27-7-2-8-28-64)83-43-23-19-35-75(83)76-36-20-24-44-84(76)88/h1-60H. The Labute approximate surface area is 526 Å². The third kappa shape index (κ3) is 8.19. The predicted molar refractivity (Wildman–Crippen MR) is 376 cm³/mol. The number of hydrogen-bond donors (Lipinski definition) is 0. The number of benzene rings is 15. The van der Waals surface area contributed by atoms with Crippen molar-refractivity contribution in [3.05, 3.63) is 408 Å². The van der Waals surface area contributed by atoms with E-state index in [0.717, 1.165) is 34.1 Å². The highest BCUT2D eigenvalue weighted by Crippen LogP contribution is 2.58. The van der Waals surface area contributed by atoms with Crippen LogP contribution in [0.15, 0.2) is 364 Å². The highest BCUT2D eigenvalue weighted by molar-refractivity contribution is 6.21. The molecule has 2 aliphatic carbocycles. The van der Waals surface area contributed by atoms with Crippen molar-refractivity contribution >= 4 is 55.7 Å². The Morgan fingerprint density at radius 3 is 0.667 bits per heavy atom. The van der Waals surface area contributed by atoms with Crippen LogP contribution in [0.2, 0.25) is 0 Å². The van der Waals surface area contributed by atoms with E-state index in [-0.39, 0.29) is 0 Å². The number of rotatable bonds is 12. The second kappa shape index (κ2) is 21.7. The molecule has 17 rings (SSSR count). The summed E-state index contributed by atoms with van der Waals surface area (Å²) in [6.45, 7) is 0. The molecule has 0 aliphatic heterocycles. The Hall–Kier alpha value is -11.6. The summed E-state index contributed by atoms with van der Waals surface area (Å²) in [5.41, 5.74) is 25.8. The van der Waals surface area contributed by atoms with Gasteiger partial charge in [-0.2, -0.15) is 0 Å². The molecule has 0 saturated carbocycles. The van der Waals surface area contributed by atoms with E-state index in [0.29, 0.717) is 0 Å². The first-order valence-corrected chi connectivity index (χ1v) is 31.2. The summed E-state index contributed by atoms with van der Waals surface area (Å²) >= 11 is 0. The molecule has 0 aromatic heterocycles. The van der Waals surface area contributed by atoms with Gasteiger partial charge in [-0.05, 0) is 183 Å². The van der Waals surface area contributed by atoms with E-state index in [4.69, 9.17) is 0 Å². The molecule has 2 aliphatic rings. The fourth-order valence-corrected chi connectivity index (χ4v) is 15.5. The largest absolute Gasteiger partial charge is 0.311 e. The van der Waals surface area contributed by atoms with Gasteiger partial charge in [0.1, 0.15) is 0 Å². The normalized spacial score (nSPS) is 13.1. The predicted octanol–water partition coefficient (Wildman–Crippen LogP) is 23.0. The molecule has 15 aromatic carbocycles. The first-order chi connectivity index (χ1) is 44.7. The first kappa shape index (κ1) is 52.7. The zero-order valence-corrected chi connectivity index (χ0v) is 49.5. The molecule has 15 aromatic rings. The van der Waals surface area contributed by atoms with Crippen LogP contribution >= 0.6 is 0 Å². The zero-order valence-electron chi connectivity index (χ0n) is 49.5. The minimum Gasteiger partial charge on any atom is -0.311 e. The van der Waals surface area contributed by atoms with Gasteiger partial charge in [-0.15, -0.1) is 0 Å². The van der Waals surface area contributed by atoms with Crippen LogP contribution in [0.25, 0.3) is 66.1 Å². The Kier molecular flexibility index (Phi) is 12.7. The molecule has 2 nitrogen and oxygen atoms in total. The smallest absolute Gasteiger partial charge is 0.0713 e. The maximum atomic E-state index is 2.38. The summed E-state index contributed by atoms with van der Waals surface area (Å²) in [4.78, 5) is 4.76. The number of anilines is 6. The molecule has 90 heavy (non-hydrogen) atoms. The minimum absolute atomic E-state index is 0.472. The van der Waals surface area contributed by atoms with Crippen molar-refractivity contribution in [2.45, 2.75) is 10.8 Å². The maximum Gasteiger partial charge on any atom is 0.0713 e. The van der Waals surface area contributed by atoms with Crippen LogP contribution in [-0.4, -0.2) is 0 Å². The van der Waals surface area contributed by atoms with E-state index in [1.807, 2.05) is 0 Å². The van der Waals surface area contributed by atoms with E-state index in [2.05, 4.69) is 374 Å². The van der Waals surface area contributed by atoms with Gasteiger partial charge in [-0.25, -0.2) is 0 Å². The van der Waals surface area contributed by atoms with Gasteiger partial charge >= 0.3 is 0 Å². The Morgan fingerprint density at radius 1 is 0.167 bits per heavy atom. The van der Waals surface area contributed by atoms with Gasteiger partial charge in [0.25, 0.3) is 0 Å². The SMILES string of the molecule is c1ccc(N(c2ccc(-c3c4ccccc4c(-c4ccc(N(c5ccccc5)c5ccc(C6(c7ccccc7)c7ccccc7-c7ccccc76)cc5)cc4)c4ccccc34)cc2)c2ccc(C3(c4ccccc4)c4ccccc4-c4ccccc43)cc2)cc1. The van der Waals surface area contributed by atoms with Crippen molar-refractivity contribution in [2.75, 3.05) is 9.80 Å². The fraction of sp³-hybridized carbons (Fsp3) is 0.0227. The lowest BCUT2D eigenvalue weighted by Gasteiger charge is -2.34. The van der Waals surface area contributed by atoms with Gasteiger partial charge in [0.15, 0.2) is 0 Å². The number of hydrogen-bond acceptors (Lipinski definition) is 2. The second-order valence-corrected chi connectivity index (χ2v) is 23.8. The van der Waals surface area contributed by atoms with Gasteiger partial charge < -0.3 is 9.80 Å². The van der Waals surface area contributed by atoms with Gasteiger partial charge in [0.05, 0.1) is 10.8 Å². The van der Waals surface area contributed by atoms with E-state index >= 15 is 0 Å². The summed E-state index contributed by atoms with van der Waals surface area (Å²) in [6, 6.07) is 134. The van der Waals surface area contributed by atoms with Crippen LogP contribution < -0.4 is 9.80 Å². The second-order valence-electron chi connectivity index (χ2n) is 23.8. The van der Waals surface area contributed by atoms with Gasteiger partial charge in [0, 0.05) is 34.1 Å². The van der Waals surface area contributed by atoms with Crippen molar-refractivity contribution in [3.63, 3.8) is 0 Å². The number of para-hydroxylation sites is 2. The lowest BCUT2D eigenvalue weighted by Crippen LogP contribution is -2.28. The molecule has 0 unspecified atom stereocenters. The summed E-state index contributed by atoms with van der Waals surface area (Å²) in [7, 11) is 0. The van der Waals surface area contributed by atoms with E-state index in [1.54, 1.807) is 0 Å². The minimum atomic E-state index is -0.472. The molecule has 422 valence electrons. The number of fused-ring (bicyclic) bond motifs is 8. The third-order valence-electron chi connectivity index (χ3n) is 19.2. The van der Waals surface area contributed by atoms with Crippen molar-refractivity contribution < 1.29 is 0 Å². The van der Waals surface area contributed by atoms with Gasteiger partial charge in [-0.3, -0.25) is 0 Å². The Balaban J connectivity index is 0.732. The summed E-state index contributed by atoms with van der Waals surface area (Å²) in [5.74, 6) is 0. The highest BCUT2D eigenvalue weighted by Gasteiger charge is 2.47. The van der Waals surface area contributed by atoms with Crippen LogP contribution in [0, 0.1) is 0 Å². The van der Waals surface area contributed by atoms with Crippen molar-refractivity contribution in [3.8, 4) is 44.5 Å². The van der Waals surface area contributed by atoms with Crippen LogP contribution in [0.1, 0.15) is 44.5 Å². The average Bonchev–Trinajstić information content (AvgIpc) is 1.56. The Morgan fingerprint density at radius 2 is 0.378 bits per heavy atom. The molecule has 0 spiro atoms. The topological polar surface area (TPSA) is 6.48 Å². The monoisotopic (exact) mass is 1140 g/mol. The summed E-state index contributed by atoms with van der Waals surface area (Å²) in [6.07, 6.45) is 0. The molecular formula is C88H60N2. The fourth-order valence-electron chi connectivity index (χ4n) is 15.5. The van der Waals surface area contributed by atoms with Crippen molar-refractivity contribution in [1.29, 1.82) is 0 Å². The lowest BCUT2D eigenvalue weighted by molar-refractivity contribution is 0.768. The maximum absolute atomic E-state index is 2.38. The molecule has 0 atom stereocenters. The first-order valence-electron chi connectivity index (χ1n) is 31.2.